The van der Waals surface area contributed by atoms with Crippen molar-refractivity contribution in [1.82, 2.24) is 5.32 Å². The first-order valence-electron chi connectivity index (χ1n) is 6.00. The third-order valence-corrected chi connectivity index (χ3v) is 4.10. The topological polar surface area (TPSA) is 61.4 Å². The SMILES string of the molecule is Cc1cc(NC(=O)C2CSCCN2)c(C)cc1O. The molecule has 1 saturated heterocycles. The molecule has 1 fully saturated rings. The van der Waals surface area contributed by atoms with Gasteiger partial charge in [0.25, 0.3) is 0 Å². The van der Waals surface area contributed by atoms with Gasteiger partial charge in [-0.2, -0.15) is 11.8 Å². The molecule has 1 aromatic carbocycles. The molecule has 1 aliphatic rings. The van der Waals surface area contributed by atoms with Gasteiger partial charge in [0.05, 0.1) is 6.04 Å². The van der Waals surface area contributed by atoms with Crippen molar-refractivity contribution in [3.8, 4) is 5.75 Å². The molecule has 0 saturated carbocycles. The molecule has 98 valence electrons. The van der Waals surface area contributed by atoms with E-state index in [9.17, 15) is 9.90 Å². The van der Waals surface area contributed by atoms with Gasteiger partial charge in [-0.15, -0.1) is 0 Å². The van der Waals surface area contributed by atoms with Gasteiger partial charge >= 0.3 is 0 Å². The lowest BCUT2D eigenvalue weighted by Crippen LogP contribution is -2.46. The summed E-state index contributed by atoms with van der Waals surface area (Å²) in [5.74, 6) is 2.12. The van der Waals surface area contributed by atoms with Crippen molar-refractivity contribution in [2.75, 3.05) is 23.4 Å². The number of nitrogens with one attached hydrogen (secondary N) is 2. The third kappa shape index (κ3) is 2.97. The van der Waals surface area contributed by atoms with E-state index >= 15 is 0 Å². The van der Waals surface area contributed by atoms with Crippen LogP contribution in [0, 0.1) is 13.8 Å². The van der Waals surface area contributed by atoms with E-state index in [-0.39, 0.29) is 17.7 Å². The largest absolute Gasteiger partial charge is 0.508 e. The molecular formula is C13H18N2O2S. The van der Waals surface area contributed by atoms with E-state index in [1.807, 2.05) is 13.8 Å². The molecule has 3 N–H and O–H groups in total. The number of phenols is 1. The zero-order valence-electron chi connectivity index (χ0n) is 10.6. The van der Waals surface area contributed by atoms with Crippen LogP contribution in [0.25, 0.3) is 0 Å². The quantitative estimate of drug-likeness (QED) is 0.712. The number of carbonyl (C=O) groups excluding carboxylic acids is 1. The summed E-state index contributed by atoms with van der Waals surface area (Å²) >= 11 is 1.79. The monoisotopic (exact) mass is 266 g/mol. The molecule has 0 aromatic heterocycles. The Kier molecular flexibility index (Phi) is 4.14. The van der Waals surface area contributed by atoms with Crippen molar-refractivity contribution < 1.29 is 9.90 Å². The number of amides is 1. The van der Waals surface area contributed by atoms with Crippen molar-refractivity contribution in [2.24, 2.45) is 0 Å². The van der Waals surface area contributed by atoms with Crippen LogP contribution < -0.4 is 10.6 Å². The molecule has 1 unspecified atom stereocenters. The van der Waals surface area contributed by atoms with E-state index < -0.39 is 0 Å². The number of phenolic OH excluding ortho intramolecular Hbond substituents is 1. The average molecular weight is 266 g/mol. The fourth-order valence-electron chi connectivity index (χ4n) is 1.89. The van der Waals surface area contributed by atoms with E-state index in [1.165, 1.54) is 0 Å². The molecule has 1 atom stereocenters. The average Bonchev–Trinajstić information content (AvgIpc) is 2.37. The van der Waals surface area contributed by atoms with Crippen LogP contribution >= 0.6 is 11.8 Å². The normalized spacial score (nSPS) is 19.6. The predicted molar refractivity (Wildman–Crippen MR) is 75.3 cm³/mol. The minimum absolute atomic E-state index is 0.00427. The zero-order chi connectivity index (χ0) is 13.1. The number of hydrogen-bond acceptors (Lipinski definition) is 4. The highest BCUT2D eigenvalue weighted by atomic mass is 32.2. The number of benzene rings is 1. The molecule has 1 heterocycles. The third-order valence-electron chi connectivity index (χ3n) is 3.04. The molecule has 4 nitrogen and oxygen atoms in total. The van der Waals surface area contributed by atoms with E-state index in [0.29, 0.717) is 0 Å². The molecule has 18 heavy (non-hydrogen) atoms. The Labute approximate surface area is 111 Å². The highest BCUT2D eigenvalue weighted by Crippen LogP contribution is 2.25. The Hall–Kier alpha value is -1.20. The van der Waals surface area contributed by atoms with Gasteiger partial charge in [0.1, 0.15) is 5.75 Å². The molecule has 0 bridgehead atoms. The first kappa shape index (κ1) is 13.2. The lowest BCUT2D eigenvalue weighted by Gasteiger charge is -2.22. The van der Waals surface area contributed by atoms with Crippen molar-refractivity contribution >= 4 is 23.4 Å². The van der Waals surface area contributed by atoms with Gasteiger partial charge in [0.2, 0.25) is 5.91 Å². The van der Waals surface area contributed by atoms with Gasteiger partial charge in [-0.1, -0.05) is 0 Å². The van der Waals surface area contributed by atoms with Gasteiger partial charge in [-0.3, -0.25) is 4.79 Å². The van der Waals surface area contributed by atoms with Gasteiger partial charge < -0.3 is 15.7 Å². The fraction of sp³-hybridized carbons (Fsp3) is 0.462. The van der Waals surface area contributed by atoms with Crippen LogP contribution in [-0.4, -0.2) is 35.1 Å². The van der Waals surface area contributed by atoms with Crippen LogP contribution in [0.3, 0.4) is 0 Å². The summed E-state index contributed by atoms with van der Waals surface area (Å²) in [6.45, 7) is 4.56. The van der Waals surface area contributed by atoms with E-state index in [0.717, 1.165) is 34.9 Å². The molecule has 1 amide bonds. The predicted octanol–water partition coefficient (Wildman–Crippen LogP) is 1.65. The number of aryl methyl sites for hydroxylation is 2. The summed E-state index contributed by atoms with van der Waals surface area (Å²) in [5.41, 5.74) is 2.41. The van der Waals surface area contributed by atoms with E-state index in [4.69, 9.17) is 0 Å². The summed E-state index contributed by atoms with van der Waals surface area (Å²) in [5, 5.41) is 15.7. The molecule has 2 rings (SSSR count). The van der Waals surface area contributed by atoms with Gasteiger partial charge in [-0.05, 0) is 37.1 Å². The van der Waals surface area contributed by atoms with Crippen LogP contribution in [0.5, 0.6) is 5.75 Å². The Balaban J connectivity index is 2.08. The summed E-state index contributed by atoms with van der Waals surface area (Å²) in [6, 6.07) is 3.35. The molecule has 1 aromatic rings. The smallest absolute Gasteiger partial charge is 0.242 e. The molecule has 0 radical (unpaired) electrons. The fourth-order valence-corrected chi connectivity index (χ4v) is 2.82. The number of carbonyl (C=O) groups is 1. The number of thioether (sulfide) groups is 1. The van der Waals surface area contributed by atoms with E-state index in [2.05, 4.69) is 10.6 Å². The van der Waals surface area contributed by atoms with Crippen molar-refractivity contribution in [1.29, 1.82) is 0 Å². The minimum atomic E-state index is -0.128. The molecular weight excluding hydrogens is 248 g/mol. The molecule has 5 heteroatoms. The standard InChI is InChI=1S/C13H18N2O2S/c1-8-6-12(16)9(2)5-10(8)15-13(17)11-7-18-4-3-14-11/h5-6,11,14,16H,3-4,7H2,1-2H3,(H,15,17). The van der Waals surface area contributed by atoms with E-state index in [1.54, 1.807) is 23.9 Å². The highest BCUT2D eigenvalue weighted by Gasteiger charge is 2.21. The van der Waals surface area contributed by atoms with Crippen LogP contribution in [0.15, 0.2) is 12.1 Å². The van der Waals surface area contributed by atoms with Crippen molar-refractivity contribution in [3.63, 3.8) is 0 Å². The first-order valence-corrected chi connectivity index (χ1v) is 7.15. The summed E-state index contributed by atoms with van der Waals surface area (Å²) < 4.78 is 0. The Morgan fingerprint density at radius 2 is 2.22 bits per heavy atom. The Morgan fingerprint density at radius 3 is 2.89 bits per heavy atom. The molecule has 1 aliphatic heterocycles. The van der Waals surface area contributed by atoms with Crippen LogP contribution in [0.4, 0.5) is 5.69 Å². The van der Waals surface area contributed by atoms with Crippen LogP contribution in [0.2, 0.25) is 0 Å². The van der Waals surface area contributed by atoms with Gasteiger partial charge in [0.15, 0.2) is 0 Å². The number of hydrogen-bond donors (Lipinski definition) is 3. The second kappa shape index (κ2) is 5.63. The molecule has 0 aliphatic carbocycles. The second-order valence-corrected chi connectivity index (χ2v) is 5.67. The number of rotatable bonds is 2. The number of aromatic hydroxyl groups is 1. The zero-order valence-corrected chi connectivity index (χ0v) is 11.4. The van der Waals surface area contributed by atoms with Gasteiger partial charge in [-0.25, -0.2) is 0 Å². The maximum atomic E-state index is 12.1. The summed E-state index contributed by atoms with van der Waals surface area (Å²) in [6.07, 6.45) is 0. The van der Waals surface area contributed by atoms with Gasteiger partial charge in [0, 0.05) is 23.7 Å². The van der Waals surface area contributed by atoms with Crippen molar-refractivity contribution in [2.45, 2.75) is 19.9 Å². The van der Waals surface area contributed by atoms with Crippen LogP contribution in [0.1, 0.15) is 11.1 Å². The lowest BCUT2D eigenvalue weighted by molar-refractivity contribution is -0.117. The summed E-state index contributed by atoms with van der Waals surface area (Å²) in [7, 11) is 0. The first-order chi connectivity index (χ1) is 8.58. The van der Waals surface area contributed by atoms with Crippen LogP contribution in [-0.2, 0) is 4.79 Å². The Morgan fingerprint density at radius 1 is 1.44 bits per heavy atom. The Bertz CT molecular complexity index is 457. The minimum Gasteiger partial charge on any atom is -0.508 e. The number of anilines is 1. The highest BCUT2D eigenvalue weighted by molar-refractivity contribution is 7.99. The lowest BCUT2D eigenvalue weighted by atomic mass is 10.1. The maximum absolute atomic E-state index is 12.1. The van der Waals surface area contributed by atoms with Crippen molar-refractivity contribution in [3.05, 3.63) is 23.3 Å². The second-order valence-electron chi connectivity index (χ2n) is 4.52. The summed E-state index contributed by atoms with van der Waals surface area (Å²) in [4.78, 5) is 12.1. The molecule has 0 spiro atoms. The maximum Gasteiger partial charge on any atom is 0.242 e.